The highest BCUT2D eigenvalue weighted by Gasteiger charge is 2.33. The minimum atomic E-state index is -0.120. The van der Waals surface area contributed by atoms with Crippen molar-refractivity contribution in [2.75, 3.05) is 38.6 Å². The topological polar surface area (TPSA) is 18.5 Å². The Kier molecular flexibility index (Phi) is 4.35. The number of likely N-dealkylation sites (N-methyl/N-ethyl adjacent to an activating group) is 1. The molecule has 3 nitrogen and oxygen atoms in total. The van der Waals surface area contributed by atoms with Crippen LogP contribution in [0.25, 0.3) is 0 Å². The van der Waals surface area contributed by atoms with Crippen LogP contribution < -0.4 is 10.2 Å². The van der Waals surface area contributed by atoms with Gasteiger partial charge in [-0.1, -0.05) is 12.1 Å². The van der Waals surface area contributed by atoms with E-state index in [0.717, 1.165) is 30.9 Å². The Morgan fingerprint density at radius 3 is 2.60 bits per heavy atom. The third kappa shape index (κ3) is 2.81. The molecule has 112 valence electrons. The van der Waals surface area contributed by atoms with Gasteiger partial charge in [-0.15, -0.1) is 0 Å². The number of para-hydroxylation sites is 1. The van der Waals surface area contributed by atoms with Crippen LogP contribution in [0.2, 0.25) is 0 Å². The third-order valence-electron chi connectivity index (χ3n) is 4.55. The van der Waals surface area contributed by atoms with E-state index < -0.39 is 0 Å². The van der Waals surface area contributed by atoms with Crippen molar-refractivity contribution in [2.45, 2.75) is 32.4 Å². The maximum atomic E-state index is 14.4. The van der Waals surface area contributed by atoms with Crippen molar-refractivity contribution in [1.29, 1.82) is 0 Å². The Balaban J connectivity index is 2.37. The van der Waals surface area contributed by atoms with E-state index in [2.05, 4.69) is 42.9 Å². The Morgan fingerprint density at radius 1 is 1.30 bits per heavy atom. The van der Waals surface area contributed by atoms with Crippen molar-refractivity contribution in [3.8, 4) is 0 Å². The van der Waals surface area contributed by atoms with Crippen LogP contribution in [-0.4, -0.2) is 44.2 Å². The summed E-state index contributed by atoms with van der Waals surface area (Å²) in [6, 6.07) is 5.52. The molecule has 0 spiro atoms. The number of hydrogen-bond donors (Lipinski definition) is 1. The molecule has 0 saturated carbocycles. The SMILES string of the molecule is CNC(C)c1cccc(F)c1N1CCN(C)C(C)(C)C1. The fourth-order valence-corrected chi connectivity index (χ4v) is 2.80. The molecule has 0 bridgehead atoms. The van der Waals surface area contributed by atoms with Crippen molar-refractivity contribution in [1.82, 2.24) is 10.2 Å². The zero-order valence-corrected chi connectivity index (χ0v) is 13.2. The van der Waals surface area contributed by atoms with Gasteiger partial charge in [0.15, 0.2) is 0 Å². The Labute approximate surface area is 121 Å². The Morgan fingerprint density at radius 2 is 2.00 bits per heavy atom. The number of rotatable bonds is 3. The maximum absolute atomic E-state index is 14.4. The molecule has 1 saturated heterocycles. The average molecular weight is 279 g/mol. The fraction of sp³-hybridized carbons (Fsp3) is 0.625. The molecule has 1 aromatic rings. The lowest BCUT2D eigenvalue weighted by Gasteiger charge is -2.47. The third-order valence-corrected chi connectivity index (χ3v) is 4.55. The lowest BCUT2D eigenvalue weighted by atomic mass is 9.97. The number of hydrogen-bond acceptors (Lipinski definition) is 3. The standard InChI is InChI=1S/C16H26FN3/c1-12(18-4)13-7-6-8-14(17)15(13)20-10-9-19(5)16(2,3)11-20/h6-8,12,18H,9-11H2,1-5H3. The lowest BCUT2D eigenvalue weighted by molar-refractivity contribution is 0.138. The second-order valence-corrected chi connectivity index (χ2v) is 6.34. The van der Waals surface area contributed by atoms with Crippen LogP contribution in [0.5, 0.6) is 0 Å². The molecule has 1 aliphatic heterocycles. The Bertz CT molecular complexity index is 473. The highest BCUT2D eigenvalue weighted by atomic mass is 19.1. The summed E-state index contributed by atoms with van der Waals surface area (Å²) < 4.78 is 14.4. The Hall–Kier alpha value is -1.13. The highest BCUT2D eigenvalue weighted by Crippen LogP contribution is 2.32. The fourth-order valence-electron chi connectivity index (χ4n) is 2.80. The predicted octanol–water partition coefficient (Wildman–Crippen LogP) is 2.64. The lowest BCUT2D eigenvalue weighted by Crippen LogP contribution is -2.58. The van der Waals surface area contributed by atoms with Gasteiger partial charge < -0.3 is 10.2 Å². The normalized spacial score (nSPS) is 21.0. The van der Waals surface area contributed by atoms with Crippen molar-refractivity contribution < 1.29 is 4.39 Å². The van der Waals surface area contributed by atoms with E-state index in [4.69, 9.17) is 0 Å². The molecule has 0 amide bonds. The number of benzene rings is 1. The van der Waals surface area contributed by atoms with Crippen LogP contribution in [0.1, 0.15) is 32.4 Å². The number of piperazine rings is 1. The molecule has 1 heterocycles. The zero-order chi connectivity index (χ0) is 14.9. The molecule has 1 aliphatic rings. The molecule has 1 unspecified atom stereocenters. The molecular formula is C16H26FN3. The van der Waals surface area contributed by atoms with Gasteiger partial charge in [-0.05, 0) is 46.5 Å². The summed E-state index contributed by atoms with van der Waals surface area (Å²) >= 11 is 0. The van der Waals surface area contributed by atoms with E-state index in [1.807, 2.05) is 13.1 Å². The molecule has 2 rings (SSSR count). The largest absolute Gasteiger partial charge is 0.366 e. The van der Waals surface area contributed by atoms with Crippen LogP contribution in [0, 0.1) is 5.82 Å². The van der Waals surface area contributed by atoms with Gasteiger partial charge in [0.1, 0.15) is 5.82 Å². The summed E-state index contributed by atoms with van der Waals surface area (Å²) in [6.07, 6.45) is 0. The molecule has 0 radical (unpaired) electrons. The van der Waals surface area contributed by atoms with Crippen LogP contribution in [0.15, 0.2) is 18.2 Å². The van der Waals surface area contributed by atoms with Gasteiger partial charge in [-0.3, -0.25) is 4.90 Å². The smallest absolute Gasteiger partial charge is 0.146 e. The van der Waals surface area contributed by atoms with Crippen molar-refractivity contribution in [3.05, 3.63) is 29.6 Å². The summed E-state index contributed by atoms with van der Waals surface area (Å²) in [5.74, 6) is -0.120. The van der Waals surface area contributed by atoms with Crippen LogP contribution >= 0.6 is 0 Å². The van der Waals surface area contributed by atoms with Gasteiger partial charge in [0.25, 0.3) is 0 Å². The second-order valence-electron chi connectivity index (χ2n) is 6.34. The van der Waals surface area contributed by atoms with Gasteiger partial charge in [0.05, 0.1) is 5.69 Å². The second kappa shape index (κ2) is 5.70. The monoisotopic (exact) mass is 279 g/mol. The van der Waals surface area contributed by atoms with E-state index in [9.17, 15) is 4.39 Å². The van der Waals surface area contributed by atoms with Gasteiger partial charge in [0.2, 0.25) is 0 Å². The zero-order valence-electron chi connectivity index (χ0n) is 13.2. The molecule has 1 atom stereocenters. The highest BCUT2D eigenvalue weighted by molar-refractivity contribution is 5.57. The van der Waals surface area contributed by atoms with Gasteiger partial charge in [-0.2, -0.15) is 0 Å². The molecular weight excluding hydrogens is 253 g/mol. The average Bonchev–Trinajstić information content (AvgIpc) is 2.40. The number of halogens is 1. The first kappa shape index (κ1) is 15.3. The molecule has 0 aromatic heterocycles. The predicted molar refractivity (Wildman–Crippen MR) is 82.8 cm³/mol. The summed E-state index contributed by atoms with van der Waals surface area (Å²) in [5.41, 5.74) is 1.85. The van der Waals surface area contributed by atoms with E-state index in [1.54, 1.807) is 12.1 Å². The summed E-state index contributed by atoms with van der Waals surface area (Å²) in [5, 5.41) is 3.21. The van der Waals surface area contributed by atoms with Gasteiger partial charge in [0, 0.05) is 31.2 Å². The van der Waals surface area contributed by atoms with Crippen LogP contribution in [-0.2, 0) is 0 Å². The first-order valence-electron chi connectivity index (χ1n) is 7.28. The molecule has 20 heavy (non-hydrogen) atoms. The quantitative estimate of drug-likeness (QED) is 0.917. The van der Waals surface area contributed by atoms with E-state index in [1.165, 1.54) is 0 Å². The molecule has 0 aliphatic carbocycles. The molecule has 1 fully saturated rings. The summed E-state index contributed by atoms with van der Waals surface area (Å²) in [6.45, 7) is 9.15. The van der Waals surface area contributed by atoms with Crippen LogP contribution in [0.3, 0.4) is 0 Å². The molecule has 4 heteroatoms. The number of nitrogens with zero attached hydrogens (tertiary/aromatic N) is 2. The first-order chi connectivity index (χ1) is 9.36. The maximum Gasteiger partial charge on any atom is 0.146 e. The minimum Gasteiger partial charge on any atom is -0.366 e. The van der Waals surface area contributed by atoms with Crippen molar-refractivity contribution in [3.63, 3.8) is 0 Å². The number of anilines is 1. The molecule has 1 N–H and O–H groups in total. The van der Waals surface area contributed by atoms with E-state index in [-0.39, 0.29) is 17.4 Å². The van der Waals surface area contributed by atoms with E-state index >= 15 is 0 Å². The summed E-state index contributed by atoms with van der Waals surface area (Å²) in [7, 11) is 4.04. The van der Waals surface area contributed by atoms with E-state index in [0.29, 0.717) is 0 Å². The van der Waals surface area contributed by atoms with Crippen molar-refractivity contribution >= 4 is 5.69 Å². The molecule has 1 aromatic carbocycles. The minimum absolute atomic E-state index is 0.0562. The van der Waals surface area contributed by atoms with Crippen LogP contribution in [0.4, 0.5) is 10.1 Å². The number of nitrogens with one attached hydrogen (secondary N) is 1. The van der Waals surface area contributed by atoms with Gasteiger partial charge in [-0.25, -0.2) is 4.39 Å². The first-order valence-corrected chi connectivity index (χ1v) is 7.28. The van der Waals surface area contributed by atoms with Gasteiger partial charge >= 0.3 is 0 Å². The van der Waals surface area contributed by atoms with Crippen molar-refractivity contribution in [2.24, 2.45) is 0 Å². The summed E-state index contributed by atoms with van der Waals surface area (Å²) in [4.78, 5) is 4.53.